The van der Waals surface area contributed by atoms with Gasteiger partial charge in [-0.05, 0) is 84.4 Å². The molecule has 0 bridgehead atoms. The first-order valence-electron chi connectivity index (χ1n) is 18.0. The van der Waals surface area contributed by atoms with Crippen molar-refractivity contribution in [2.24, 2.45) is 10.9 Å². The molecule has 0 radical (unpaired) electrons. The van der Waals surface area contributed by atoms with Crippen LogP contribution in [0.15, 0.2) is 126 Å². The Hall–Kier alpha value is -6.93. The Morgan fingerprint density at radius 3 is 2.19 bits per heavy atom. The van der Waals surface area contributed by atoms with Crippen LogP contribution in [0.2, 0.25) is 0 Å². The molecular formula is C43H38F2N4O8. The minimum atomic E-state index is -3.38. The zero-order valence-corrected chi connectivity index (χ0v) is 30.7. The van der Waals surface area contributed by atoms with Gasteiger partial charge in [0.05, 0.1) is 43.7 Å². The molecule has 1 saturated carbocycles. The van der Waals surface area contributed by atoms with Crippen LogP contribution in [0.25, 0.3) is 4.85 Å². The van der Waals surface area contributed by atoms with E-state index in [1.54, 1.807) is 54.6 Å². The van der Waals surface area contributed by atoms with Gasteiger partial charge in [-0.15, -0.1) is 0 Å². The first-order chi connectivity index (χ1) is 27.5. The Bertz CT molecular complexity index is 2070. The third-order valence-electron chi connectivity index (χ3n) is 9.19. The van der Waals surface area contributed by atoms with Crippen molar-refractivity contribution in [2.45, 2.75) is 43.6 Å². The molecule has 1 fully saturated rings. The number of imide groups is 1. The highest BCUT2D eigenvalue weighted by atomic mass is 19.3. The fourth-order valence-electron chi connectivity index (χ4n) is 6.21. The molecule has 2 amide bonds. The number of rotatable bonds is 16. The second-order valence-corrected chi connectivity index (χ2v) is 13.0. The third kappa shape index (κ3) is 11.3. The van der Waals surface area contributed by atoms with Crippen LogP contribution in [-0.4, -0.2) is 72.8 Å². The molecule has 1 heterocycles. The molecule has 0 saturated heterocycles. The van der Waals surface area contributed by atoms with E-state index < -0.39 is 42.2 Å². The van der Waals surface area contributed by atoms with Gasteiger partial charge in [0.2, 0.25) is 0 Å². The van der Waals surface area contributed by atoms with Gasteiger partial charge in [-0.3, -0.25) is 19.5 Å². The standard InChI is InChI=1S/C43H38F2N4O8/c1-3-41(52)56-25-5-24-55-34-14-8-29(9-15-34)36-27-43(44,45)38(26-32(36)20-21-48-33-12-6-30(7-13-33)37(28-46)47-2)57-42(53)31-10-16-35(17-11-31)54-23-4-22-49-39(50)18-19-40(49)51/h3,6-21,32,36,38H,1,4-5,22-27H2/b21-20+,37-30?,48-33?. The predicted octanol–water partition coefficient (Wildman–Crippen LogP) is 7.01. The summed E-state index contributed by atoms with van der Waals surface area (Å²) in [7, 11) is 0. The molecule has 1 aliphatic heterocycles. The molecule has 5 rings (SSSR count). The minimum absolute atomic E-state index is 0.0506. The van der Waals surface area contributed by atoms with Gasteiger partial charge in [0.15, 0.2) is 6.10 Å². The number of esters is 2. The fraction of sp³-hybridized carbons (Fsp3) is 0.279. The van der Waals surface area contributed by atoms with Crippen LogP contribution in [0.3, 0.4) is 0 Å². The van der Waals surface area contributed by atoms with Gasteiger partial charge in [0.1, 0.15) is 11.5 Å². The second-order valence-electron chi connectivity index (χ2n) is 13.0. The number of nitrogens with zero attached hydrogens (tertiary/aromatic N) is 4. The Labute approximate surface area is 328 Å². The summed E-state index contributed by atoms with van der Waals surface area (Å²) in [6, 6.07) is 14.5. The van der Waals surface area contributed by atoms with Crippen molar-refractivity contribution < 1.29 is 46.9 Å². The van der Waals surface area contributed by atoms with Crippen molar-refractivity contribution in [3.8, 4) is 17.6 Å². The van der Waals surface area contributed by atoms with Gasteiger partial charge in [-0.2, -0.15) is 0 Å². The first-order valence-corrected chi connectivity index (χ1v) is 18.0. The molecule has 0 aromatic heterocycles. The Kier molecular flexibility index (Phi) is 14.2. The van der Waals surface area contributed by atoms with Crippen molar-refractivity contribution in [1.82, 2.24) is 4.90 Å². The minimum Gasteiger partial charge on any atom is -0.494 e. The molecule has 292 valence electrons. The van der Waals surface area contributed by atoms with Crippen molar-refractivity contribution in [2.75, 3.05) is 26.4 Å². The smallest absolute Gasteiger partial charge is 0.338 e. The molecule has 3 atom stereocenters. The summed E-state index contributed by atoms with van der Waals surface area (Å²) >= 11 is 0. The Balaban J connectivity index is 1.25. The number of halogens is 2. The maximum absolute atomic E-state index is 15.9. The topological polar surface area (TPSA) is 149 Å². The van der Waals surface area contributed by atoms with Crippen molar-refractivity contribution >= 4 is 29.5 Å². The van der Waals surface area contributed by atoms with Crippen LogP contribution < -0.4 is 9.47 Å². The maximum atomic E-state index is 15.9. The number of carbonyl (C=O) groups is 4. The highest BCUT2D eigenvalue weighted by molar-refractivity contribution is 6.12. The number of allylic oxidation sites excluding steroid dienone is 7. The SMILES string of the molecule is [C-]#[N+]C(C#N)=C1C=CC(=N/C=C/C2CC(OC(=O)c3ccc(OCCCN4C(=O)C=CC4=O)cc3)C(F)(F)CC2c2ccc(OCCCOC(=O)C=C)cc2)C=C1. The normalized spacial score (nSPS) is 19.5. The summed E-state index contributed by atoms with van der Waals surface area (Å²) < 4.78 is 53.6. The van der Waals surface area contributed by atoms with Crippen LogP contribution in [0.5, 0.6) is 11.5 Å². The van der Waals surface area contributed by atoms with E-state index in [2.05, 4.69) is 16.4 Å². The van der Waals surface area contributed by atoms with Crippen LogP contribution >= 0.6 is 0 Å². The lowest BCUT2D eigenvalue weighted by Crippen LogP contribution is -2.45. The lowest BCUT2D eigenvalue weighted by atomic mass is 9.72. The summed E-state index contributed by atoms with van der Waals surface area (Å²) in [6.45, 7) is 11.3. The van der Waals surface area contributed by atoms with Gasteiger partial charge in [0.25, 0.3) is 23.4 Å². The monoisotopic (exact) mass is 776 g/mol. The lowest BCUT2D eigenvalue weighted by molar-refractivity contribution is -0.147. The predicted molar refractivity (Wildman–Crippen MR) is 204 cm³/mol. The number of benzene rings is 2. The number of alkyl halides is 2. The van der Waals surface area contributed by atoms with Crippen LogP contribution in [0.4, 0.5) is 8.78 Å². The number of carbonyl (C=O) groups excluding carboxylic acids is 4. The zero-order valence-electron chi connectivity index (χ0n) is 30.7. The number of aliphatic imine (C=N–C) groups is 1. The van der Waals surface area contributed by atoms with Crippen molar-refractivity contribution in [3.63, 3.8) is 0 Å². The van der Waals surface area contributed by atoms with E-state index in [1.807, 2.05) is 6.07 Å². The van der Waals surface area contributed by atoms with Gasteiger partial charge in [0, 0.05) is 43.8 Å². The molecule has 0 N–H and O–H groups in total. The molecule has 3 aliphatic rings. The van der Waals surface area contributed by atoms with Crippen LogP contribution in [0.1, 0.15) is 47.5 Å². The quantitative estimate of drug-likeness (QED) is 0.0438. The molecule has 3 unspecified atom stereocenters. The van der Waals surface area contributed by atoms with E-state index in [9.17, 15) is 19.2 Å². The molecular weight excluding hydrogens is 738 g/mol. The average molecular weight is 777 g/mol. The fourth-order valence-corrected chi connectivity index (χ4v) is 6.21. The highest BCUT2D eigenvalue weighted by Crippen LogP contribution is 2.47. The highest BCUT2D eigenvalue weighted by Gasteiger charge is 2.51. The lowest BCUT2D eigenvalue weighted by Gasteiger charge is -2.40. The molecule has 0 spiro atoms. The summed E-state index contributed by atoms with van der Waals surface area (Å²) in [5.41, 5.74) is 1.58. The number of nitriles is 1. The van der Waals surface area contributed by atoms with E-state index in [0.717, 1.165) is 11.0 Å². The van der Waals surface area contributed by atoms with Crippen molar-refractivity contribution in [1.29, 1.82) is 5.26 Å². The second kappa shape index (κ2) is 19.6. The summed E-state index contributed by atoms with van der Waals surface area (Å²) in [6.07, 6.45) is 11.4. The summed E-state index contributed by atoms with van der Waals surface area (Å²) in [5, 5.41) is 9.15. The molecule has 12 nitrogen and oxygen atoms in total. The van der Waals surface area contributed by atoms with Gasteiger partial charge in [-0.1, -0.05) is 36.9 Å². The van der Waals surface area contributed by atoms with Gasteiger partial charge >= 0.3 is 11.9 Å². The van der Waals surface area contributed by atoms with E-state index in [0.29, 0.717) is 41.2 Å². The van der Waals surface area contributed by atoms with Gasteiger partial charge in [-0.25, -0.2) is 28.5 Å². The zero-order chi connectivity index (χ0) is 40.8. The summed E-state index contributed by atoms with van der Waals surface area (Å²) in [5.74, 6) is -5.91. The number of amides is 2. The Morgan fingerprint density at radius 1 is 0.947 bits per heavy atom. The first kappa shape index (κ1) is 41.2. The molecule has 2 aromatic rings. The maximum Gasteiger partial charge on any atom is 0.338 e. The van der Waals surface area contributed by atoms with Crippen LogP contribution in [-0.2, 0) is 23.9 Å². The number of hydrogen-bond donors (Lipinski definition) is 0. The molecule has 2 aliphatic carbocycles. The average Bonchev–Trinajstić information content (AvgIpc) is 3.54. The van der Waals surface area contributed by atoms with Gasteiger partial charge < -0.3 is 18.9 Å². The van der Waals surface area contributed by atoms with Crippen LogP contribution in [0, 0.1) is 23.8 Å². The van der Waals surface area contributed by atoms with E-state index >= 15 is 8.78 Å². The summed E-state index contributed by atoms with van der Waals surface area (Å²) in [4.78, 5) is 56.6. The third-order valence-corrected chi connectivity index (χ3v) is 9.19. The van der Waals surface area contributed by atoms with E-state index in [1.165, 1.54) is 42.6 Å². The molecule has 2 aromatic carbocycles. The number of ether oxygens (including phenoxy) is 4. The van der Waals surface area contributed by atoms with E-state index in [4.69, 9.17) is 30.8 Å². The number of hydrogen-bond acceptors (Lipinski definition) is 10. The molecule has 57 heavy (non-hydrogen) atoms. The largest absolute Gasteiger partial charge is 0.494 e. The molecule has 14 heteroatoms. The van der Waals surface area contributed by atoms with Crippen molar-refractivity contribution in [3.05, 3.63) is 144 Å². The Morgan fingerprint density at radius 2 is 1.58 bits per heavy atom. The van der Waals surface area contributed by atoms with E-state index in [-0.39, 0.29) is 55.9 Å².